The molecule has 0 saturated heterocycles. The summed E-state index contributed by atoms with van der Waals surface area (Å²) in [6, 6.07) is 0. The fourth-order valence-corrected chi connectivity index (χ4v) is 0.971. The maximum atomic E-state index is 10.4. The first kappa shape index (κ1) is 9.90. The molecule has 0 spiro atoms. The molecule has 5 heteroatoms. The molecule has 0 aromatic carbocycles. The summed E-state index contributed by atoms with van der Waals surface area (Å²) in [5, 5.41) is 0. The fraction of sp³-hybridized carbons (Fsp3) is 0.333. The molecule has 0 fully saturated rings. The van der Waals surface area contributed by atoms with Gasteiger partial charge in [0.15, 0.2) is 0 Å². The Balaban J connectivity index is 4.53. The Morgan fingerprint density at radius 1 is 1.55 bits per heavy atom. The largest absolute Gasteiger partial charge is 0.365 e. The van der Waals surface area contributed by atoms with Crippen molar-refractivity contribution in [2.75, 3.05) is 0 Å². The third-order valence-corrected chi connectivity index (χ3v) is 1.86. The van der Waals surface area contributed by atoms with Gasteiger partial charge in [0.1, 0.15) is 4.86 Å². The highest BCUT2D eigenvalue weighted by Gasteiger charge is 2.06. The number of hydrogen-bond donors (Lipinski definition) is 1. The molecule has 0 unspecified atom stereocenters. The van der Waals surface area contributed by atoms with E-state index in [1.807, 2.05) is 0 Å². The van der Waals surface area contributed by atoms with Gasteiger partial charge in [0.2, 0.25) is 10.3 Å². The third kappa shape index (κ3) is 3.57. The van der Waals surface area contributed by atoms with Crippen molar-refractivity contribution in [3.63, 3.8) is 0 Å². The van der Waals surface area contributed by atoms with Crippen LogP contribution < -0.4 is 5.73 Å². The summed E-state index contributed by atoms with van der Waals surface area (Å²) in [4.78, 5) is 10.1. The lowest BCUT2D eigenvalue weighted by Crippen LogP contribution is -2.23. The normalized spacial score (nSPS) is 8.73. The van der Waals surface area contributed by atoms with Gasteiger partial charge in [-0.1, -0.05) is 6.08 Å². The molecule has 2 N–H and O–H groups in total. The van der Waals surface area contributed by atoms with E-state index in [9.17, 15) is 13.2 Å². The van der Waals surface area contributed by atoms with Gasteiger partial charge >= 0.3 is 0 Å². The highest BCUT2D eigenvalue weighted by Crippen LogP contribution is 1.91. The molecule has 0 atom stereocenters. The molecule has 62 valence electrons. The van der Waals surface area contributed by atoms with Crippen LogP contribution in [-0.2, 0) is 15.1 Å². The lowest BCUT2D eigenvalue weighted by atomic mass is 10.2. The smallest absolute Gasteiger partial charge is 0.260 e. The molecule has 0 bridgehead atoms. The lowest BCUT2D eigenvalue weighted by molar-refractivity contribution is -0.111. The molecular weight excluding hydrogens is 166 g/mol. The van der Waals surface area contributed by atoms with E-state index in [-0.39, 0.29) is 11.3 Å². The molecule has 0 heterocycles. The van der Waals surface area contributed by atoms with Crippen molar-refractivity contribution in [1.82, 2.24) is 0 Å². The summed E-state index contributed by atoms with van der Waals surface area (Å²) in [7, 11) is -2.49. The summed E-state index contributed by atoms with van der Waals surface area (Å²) in [6.45, 7) is 3.38. The highest BCUT2D eigenvalue weighted by molar-refractivity contribution is 7.74. The Hall–Kier alpha value is -1.10. The minimum absolute atomic E-state index is 0.134. The number of carbonyl (C=O) groups excluding carboxylic acids is 1. The fourth-order valence-electron chi connectivity index (χ4n) is 0.522. The number of allylic oxidation sites excluding steroid dienone is 1. The molecule has 11 heavy (non-hydrogen) atoms. The number of primary amides is 1. The predicted octanol–water partition coefficient (Wildman–Crippen LogP) is -0.511. The topological polar surface area (TPSA) is 77.2 Å². The van der Waals surface area contributed by atoms with E-state index in [1.165, 1.54) is 6.08 Å². The van der Waals surface area contributed by atoms with Crippen LogP contribution in [0.5, 0.6) is 0 Å². The van der Waals surface area contributed by atoms with Crippen LogP contribution in [-0.4, -0.2) is 19.2 Å². The molecule has 0 radical (unpaired) electrons. The van der Waals surface area contributed by atoms with Crippen molar-refractivity contribution < 1.29 is 13.2 Å². The molecule has 0 aliphatic carbocycles. The van der Waals surface area contributed by atoms with Crippen molar-refractivity contribution in [3.05, 3.63) is 12.7 Å². The van der Waals surface area contributed by atoms with Crippen LogP contribution in [0, 0.1) is 0 Å². The zero-order chi connectivity index (χ0) is 8.85. The van der Waals surface area contributed by atoms with Gasteiger partial charge in [-0.3, -0.25) is 4.79 Å². The first-order valence-corrected chi connectivity index (χ1v) is 4.03. The van der Waals surface area contributed by atoms with E-state index in [1.54, 1.807) is 0 Å². The number of nitrogens with two attached hydrogens (primary N) is 1. The summed E-state index contributed by atoms with van der Waals surface area (Å²) in [6.07, 6.45) is 2.09. The Labute approximate surface area is 66.2 Å². The summed E-state index contributed by atoms with van der Waals surface area (Å²) in [5.41, 5.74) is 4.78. The summed E-state index contributed by atoms with van der Waals surface area (Å²) < 4.78 is 20.5. The molecule has 4 nitrogen and oxygen atoms in total. The zero-order valence-electron chi connectivity index (χ0n) is 5.91. The number of rotatable bonds is 4. The first-order valence-electron chi connectivity index (χ1n) is 2.95. The van der Waals surface area contributed by atoms with Gasteiger partial charge in [0.05, 0.1) is 0 Å². The third-order valence-electron chi connectivity index (χ3n) is 1.05. The van der Waals surface area contributed by atoms with E-state index in [0.29, 0.717) is 6.42 Å². The average Bonchev–Trinajstić information content (AvgIpc) is 1.87. The van der Waals surface area contributed by atoms with Crippen LogP contribution in [0.2, 0.25) is 0 Å². The minimum atomic E-state index is -2.49. The van der Waals surface area contributed by atoms with Crippen LogP contribution in [0.1, 0.15) is 12.8 Å². The van der Waals surface area contributed by atoms with Crippen molar-refractivity contribution in [1.29, 1.82) is 0 Å². The van der Waals surface area contributed by atoms with E-state index in [2.05, 4.69) is 6.58 Å². The number of carbonyl (C=O) groups is 1. The van der Waals surface area contributed by atoms with Gasteiger partial charge in [-0.15, -0.1) is 6.58 Å². The molecule has 0 rings (SSSR count). The Morgan fingerprint density at radius 3 is 2.36 bits per heavy atom. The number of amides is 1. The monoisotopic (exact) mass is 175 g/mol. The quantitative estimate of drug-likeness (QED) is 0.461. The van der Waals surface area contributed by atoms with Gasteiger partial charge in [-0.05, 0) is 12.8 Å². The van der Waals surface area contributed by atoms with Crippen LogP contribution in [0.15, 0.2) is 12.7 Å². The van der Waals surface area contributed by atoms with Crippen LogP contribution >= 0.6 is 0 Å². The Bertz CT molecular complexity index is 281. The van der Waals surface area contributed by atoms with E-state index < -0.39 is 16.2 Å². The SMILES string of the molecule is C=CCCC(C(N)=O)=S(=O)=O. The summed E-state index contributed by atoms with van der Waals surface area (Å²) >= 11 is 0. The first-order chi connectivity index (χ1) is 5.09. The van der Waals surface area contributed by atoms with E-state index in [4.69, 9.17) is 5.73 Å². The van der Waals surface area contributed by atoms with Crippen LogP contribution in [0.25, 0.3) is 0 Å². The van der Waals surface area contributed by atoms with Gasteiger partial charge in [-0.2, -0.15) is 8.42 Å². The second kappa shape index (κ2) is 4.68. The highest BCUT2D eigenvalue weighted by atomic mass is 32.2. The maximum Gasteiger partial charge on any atom is 0.260 e. The van der Waals surface area contributed by atoms with Crippen molar-refractivity contribution in [2.24, 2.45) is 5.73 Å². The minimum Gasteiger partial charge on any atom is -0.365 e. The Kier molecular flexibility index (Phi) is 4.21. The van der Waals surface area contributed by atoms with Crippen LogP contribution in [0.3, 0.4) is 0 Å². The van der Waals surface area contributed by atoms with Gasteiger partial charge in [0.25, 0.3) is 5.91 Å². The predicted molar refractivity (Wildman–Crippen MR) is 42.6 cm³/mol. The van der Waals surface area contributed by atoms with Crippen molar-refractivity contribution >= 4 is 21.1 Å². The standard InChI is InChI=1S/C6H9NO3S/c1-2-3-4-5(6(7)8)11(9)10/h2H,1,3-4H2,(H2,7,8). The van der Waals surface area contributed by atoms with Gasteiger partial charge in [0, 0.05) is 0 Å². The van der Waals surface area contributed by atoms with Gasteiger partial charge < -0.3 is 5.73 Å². The van der Waals surface area contributed by atoms with Crippen LogP contribution in [0.4, 0.5) is 0 Å². The lowest BCUT2D eigenvalue weighted by Gasteiger charge is -1.91. The molecule has 0 aromatic rings. The zero-order valence-corrected chi connectivity index (χ0v) is 6.73. The molecule has 0 aliphatic heterocycles. The summed E-state index contributed by atoms with van der Waals surface area (Å²) in [5.74, 6) is -0.889. The molecule has 0 saturated carbocycles. The Morgan fingerprint density at radius 2 is 2.09 bits per heavy atom. The van der Waals surface area contributed by atoms with Crippen molar-refractivity contribution in [2.45, 2.75) is 12.8 Å². The molecular formula is C6H9NO3S. The van der Waals surface area contributed by atoms with Crippen molar-refractivity contribution in [3.8, 4) is 0 Å². The molecule has 1 amide bonds. The van der Waals surface area contributed by atoms with Gasteiger partial charge in [-0.25, -0.2) is 0 Å². The number of hydrogen-bond acceptors (Lipinski definition) is 3. The molecule has 0 aromatic heterocycles. The second-order valence-corrected chi connectivity index (χ2v) is 2.81. The maximum absolute atomic E-state index is 10.4. The average molecular weight is 175 g/mol. The second-order valence-electron chi connectivity index (χ2n) is 1.85. The molecule has 0 aliphatic rings. The van der Waals surface area contributed by atoms with E-state index >= 15 is 0 Å². The van der Waals surface area contributed by atoms with E-state index in [0.717, 1.165) is 0 Å².